The summed E-state index contributed by atoms with van der Waals surface area (Å²) in [5, 5.41) is -1.78. The lowest BCUT2D eigenvalue weighted by molar-refractivity contribution is 0.358. The largest absolute Gasteiger partial charge is 0.221 e. The Kier molecular flexibility index (Phi) is 3.41. The van der Waals surface area contributed by atoms with E-state index in [1.807, 2.05) is 42.7 Å². The molecule has 16 heavy (non-hydrogen) atoms. The van der Waals surface area contributed by atoms with Gasteiger partial charge >= 0.3 is 0 Å². The molecule has 0 nitrogen and oxygen atoms in total. The van der Waals surface area contributed by atoms with E-state index >= 15 is 0 Å². The van der Waals surface area contributed by atoms with Crippen LogP contribution in [0.5, 0.6) is 0 Å². The second kappa shape index (κ2) is 4.64. The van der Waals surface area contributed by atoms with E-state index in [0.29, 0.717) is 5.57 Å². The van der Waals surface area contributed by atoms with Crippen molar-refractivity contribution in [3.63, 3.8) is 0 Å². The number of rotatable bonds is 2. The van der Waals surface area contributed by atoms with Crippen molar-refractivity contribution in [1.82, 2.24) is 0 Å². The lowest BCUT2D eigenvalue weighted by Gasteiger charge is -2.25. The molecule has 0 aliphatic heterocycles. The van der Waals surface area contributed by atoms with Crippen LogP contribution in [0.25, 0.3) is 5.57 Å². The average Bonchev–Trinajstić information content (AvgIpc) is 2.28. The maximum atomic E-state index is 14.3. The fraction of sp³-hybridized carbons (Fsp3) is 0.231. The van der Waals surface area contributed by atoms with Crippen LogP contribution in [-0.4, -0.2) is 11.4 Å². The average molecular weight is 255 g/mol. The summed E-state index contributed by atoms with van der Waals surface area (Å²) in [5.74, 6) is 0. The summed E-state index contributed by atoms with van der Waals surface area (Å²) in [4.78, 5) is 0.970. The van der Waals surface area contributed by atoms with Crippen molar-refractivity contribution >= 4 is 28.9 Å². The summed E-state index contributed by atoms with van der Waals surface area (Å²) in [7, 11) is 0. The van der Waals surface area contributed by atoms with Crippen molar-refractivity contribution < 1.29 is 4.39 Å². The van der Waals surface area contributed by atoms with Gasteiger partial charge in [0.1, 0.15) is 0 Å². The van der Waals surface area contributed by atoms with Gasteiger partial charge in [0.15, 0.2) is 0 Å². The van der Waals surface area contributed by atoms with Crippen molar-refractivity contribution in [3.8, 4) is 0 Å². The minimum Gasteiger partial charge on any atom is -0.221 e. The van der Waals surface area contributed by atoms with Gasteiger partial charge in [0, 0.05) is 12.0 Å². The Balaban J connectivity index is 2.41. The molecule has 0 spiro atoms. The third-order valence-electron chi connectivity index (χ3n) is 2.57. The summed E-state index contributed by atoms with van der Waals surface area (Å²) in [5.41, 5.74) is 1.39. The highest BCUT2D eigenvalue weighted by Gasteiger charge is 2.35. The van der Waals surface area contributed by atoms with Crippen LogP contribution in [0.3, 0.4) is 0 Å². The predicted molar refractivity (Wildman–Crippen MR) is 70.3 cm³/mol. The van der Waals surface area contributed by atoms with Crippen LogP contribution in [0.15, 0.2) is 47.4 Å². The number of halogens is 2. The molecule has 0 radical (unpaired) electrons. The van der Waals surface area contributed by atoms with Gasteiger partial charge in [-0.3, -0.25) is 0 Å². The van der Waals surface area contributed by atoms with Gasteiger partial charge in [0.05, 0.1) is 0 Å². The smallest absolute Gasteiger partial charge is 0.213 e. The molecule has 1 atom stereocenters. The Morgan fingerprint density at radius 2 is 1.94 bits per heavy atom. The quantitative estimate of drug-likeness (QED) is 0.694. The highest BCUT2D eigenvalue weighted by Crippen LogP contribution is 2.44. The SMILES string of the molecule is CSC1=CC=C(c2ccccc2)C(F)(Cl)C1. The van der Waals surface area contributed by atoms with Crippen LogP contribution in [0.2, 0.25) is 0 Å². The topological polar surface area (TPSA) is 0 Å². The first-order valence-electron chi connectivity index (χ1n) is 5.02. The van der Waals surface area contributed by atoms with E-state index in [1.54, 1.807) is 6.08 Å². The minimum absolute atomic E-state index is 0.246. The minimum atomic E-state index is -1.78. The van der Waals surface area contributed by atoms with Gasteiger partial charge in [-0.1, -0.05) is 54.1 Å². The number of hydrogen-bond acceptors (Lipinski definition) is 1. The number of alkyl halides is 2. The first-order chi connectivity index (χ1) is 7.63. The Labute approximate surface area is 104 Å². The molecular formula is C13H12ClFS. The van der Waals surface area contributed by atoms with E-state index in [9.17, 15) is 4.39 Å². The molecule has 1 aromatic rings. The number of benzene rings is 1. The summed E-state index contributed by atoms with van der Waals surface area (Å²) in [6, 6.07) is 9.43. The van der Waals surface area contributed by atoms with E-state index in [1.165, 1.54) is 11.8 Å². The molecule has 1 aliphatic rings. The maximum Gasteiger partial charge on any atom is 0.213 e. The van der Waals surface area contributed by atoms with E-state index < -0.39 is 5.13 Å². The zero-order valence-corrected chi connectivity index (χ0v) is 10.5. The molecule has 0 aromatic heterocycles. The summed E-state index contributed by atoms with van der Waals surface area (Å²) >= 11 is 7.49. The van der Waals surface area contributed by atoms with Crippen molar-refractivity contribution in [2.24, 2.45) is 0 Å². The second-order valence-corrected chi connectivity index (χ2v) is 5.20. The number of hydrogen-bond donors (Lipinski definition) is 0. The molecule has 0 fully saturated rings. The molecule has 0 N–H and O–H groups in total. The van der Waals surface area contributed by atoms with Gasteiger partial charge in [0.25, 0.3) is 0 Å². The molecule has 0 saturated carbocycles. The van der Waals surface area contributed by atoms with Gasteiger partial charge in [-0.2, -0.15) is 0 Å². The molecule has 2 rings (SSSR count). The van der Waals surface area contributed by atoms with Crippen LogP contribution in [-0.2, 0) is 0 Å². The van der Waals surface area contributed by atoms with Gasteiger partial charge in [-0.05, 0) is 16.7 Å². The van der Waals surface area contributed by atoms with Crippen LogP contribution < -0.4 is 0 Å². The lowest BCUT2D eigenvalue weighted by atomic mass is 9.95. The normalized spacial score (nSPS) is 24.9. The molecular weight excluding hydrogens is 243 g/mol. The molecule has 84 valence electrons. The fourth-order valence-corrected chi connectivity index (χ4v) is 2.68. The number of allylic oxidation sites excluding steroid dienone is 4. The molecule has 1 unspecified atom stereocenters. The van der Waals surface area contributed by atoms with Gasteiger partial charge in [0.2, 0.25) is 5.13 Å². The first-order valence-corrected chi connectivity index (χ1v) is 6.62. The predicted octanol–water partition coefficient (Wildman–Crippen LogP) is 4.63. The monoisotopic (exact) mass is 254 g/mol. The van der Waals surface area contributed by atoms with Gasteiger partial charge in [-0.15, -0.1) is 11.8 Å². The van der Waals surface area contributed by atoms with E-state index in [4.69, 9.17) is 11.6 Å². The highest BCUT2D eigenvalue weighted by molar-refractivity contribution is 8.02. The lowest BCUT2D eigenvalue weighted by Crippen LogP contribution is -2.19. The van der Waals surface area contributed by atoms with Crippen molar-refractivity contribution in [3.05, 3.63) is 53.0 Å². The molecule has 0 saturated heterocycles. The van der Waals surface area contributed by atoms with Crippen molar-refractivity contribution in [2.75, 3.05) is 6.26 Å². The first kappa shape index (κ1) is 11.7. The van der Waals surface area contributed by atoms with Crippen LogP contribution in [0.1, 0.15) is 12.0 Å². The van der Waals surface area contributed by atoms with E-state index in [0.717, 1.165) is 10.5 Å². The highest BCUT2D eigenvalue weighted by atomic mass is 35.5. The van der Waals surface area contributed by atoms with Gasteiger partial charge < -0.3 is 0 Å². The zero-order valence-electron chi connectivity index (χ0n) is 8.91. The molecule has 1 aromatic carbocycles. The molecule has 3 heteroatoms. The third-order valence-corrected chi connectivity index (χ3v) is 3.72. The Hall–Kier alpha value is -0.730. The van der Waals surface area contributed by atoms with Crippen molar-refractivity contribution in [1.29, 1.82) is 0 Å². The second-order valence-electron chi connectivity index (χ2n) is 3.66. The Bertz CT molecular complexity index is 435. The summed E-state index contributed by atoms with van der Waals surface area (Å²) in [6.45, 7) is 0. The van der Waals surface area contributed by atoms with Crippen molar-refractivity contribution in [2.45, 2.75) is 11.5 Å². The molecule has 1 aliphatic carbocycles. The van der Waals surface area contributed by atoms with Crippen LogP contribution in [0.4, 0.5) is 4.39 Å². The Morgan fingerprint density at radius 1 is 1.25 bits per heavy atom. The standard InChI is InChI=1S/C13H12ClFS/c1-16-11-7-8-12(13(14,15)9-11)10-5-3-2-4-6-10/h2-8H,9H2,1H3. The third kappa shape index (κ3) is 2.33. The molecule has 0 amide bonds. The Morgan fingerprint density at radius 3 is 2.50 bits per heavy atom. The zero-order chi connectivity index (χ0) is 11.6. The van der Waals surface area contributed by atoms with Gasteiger partial charge in [-0.25, -0.2) is 4.39 Å². The van der Waals surface area contributed by atoms with E-state index in [-0.39, 0.29) is 6.42 Å². The summed E-state index contributed by atoms with van der Waals surface area (Å²) in [6.07, 6.45) is 5.89. The number of thioether (sulfide) groups is 1. The molecule has 0 heterocycles. The molecule has 0 bridgehead atoms. The van der Waals surface area contributed by atoms with E-state index in [2.05, 4.69) is 0 Å². The fourth-order valence-electron chi connectivity index (χ4n) is 1.74. The maximum absolute atomic E-state index is 14.3. The van der Waals surface area contributed by atoms with Crippen LogP contribution >= 0.6 is 23.4 Å². The van der Waals surface area contributed by atoms with Crippen LogP contribution in [0, 0.1) is 0 Å². The summed E-state index contributed by atoms with van der Waals surface area (Å²) < 4.78 is 14.3.